The summed E-state index contributed by atoms with van der Waals surface area (Å²) in [7, 11) is 2.25. The van der Waals surface area contributed by atoms with Crippen LogP contribution in [-0.4, -0.2) is 31.1 Å². The van der Waals surface area contributed by atoms with Gasteiger partial charge in [0.2, 0.25) is 0 Å². The van der Waals surface area contributed by atoms with Gasteiger partial charge in [0.1, 0.15) is 0 Å². The van der Waals surface area contributed by atoms with Crippen LogP contribution in [0.25, 0.3) is 0 Å². The van der Waals surface area contributed by atoms with E-state index in [1.54, 1.807) is 0 Å². The van der Waals surface area contributed by atoms with Crippen molar-refractivity contribution < 1.29 is 0 Å². The quantitative estimate of drug-likeness (QED) is 0.812. The Morgan fingerprint density at radius 1 is 1.50 bits per heavy atom. The zero-order chi connectivity index (χ0) is 14.8. The van der Waals surface area contributed by atoms with E-state index in [1.165, 1.54) is 28.7 Å². The van der Waals surface area contributed by atoms with Crippen LogP contribution in [-0.2, 0) is 6.54 Å². The van der Waals surface area contributed by atoms with E-state index in [4.69, 9.17) is 0 Å². The molecule has 1 aromatic heterocycles. The molecule has 0 saturated heterocycles. The fourth-order valence-corrected chi connectivity index (χ4v) is 5.08. The van der Waals surface area contributed by atoms with Gasteiger partial charge in [-0.15, -0.1) is 11.3 Å². The number of nitrogens with zero attached hydrogens (tertiary/aromatic N) is 1. The number of nitrogens with one attached hydrogen (secondary N) is 1. The van der Waals surface area contributed by atoms with Crippen molar-refractivity contribution >= 4 is 27.3 Å². The monoisotopic (exact) mass is 358 g/mol. The molecule has 0 spiro atoms. The lowest BCUT2D eigenvalue weighted by molar-refractivity contribution is 0.202. The van der Waals surface area contributed by atoms with Gasteiger partial charge in [-0.05, 0) is 59.8 Å². The average Bonchev–Trinajstić information content (AvgIpc) is 2.87. The molecule has 2 nitrogen and oxygen atoms in total. The van der Waals surface area contributed by atoms with Crippen LogP contribution in [0.2, 0.25) is 0 Å². The van der Waals surface area contributed by atoms with Crippen molar-refractivity contribution in [3.8, 4) is 0 Å². The Balaban J connectivity index is 1.91. The van der Waals surface area contributed by atoms with Gasteiger partial charge in [-0.25, -0.2) is 0 Å². The number of halogens is 1. The molecule has 114 valence electrons. The lowest BCUT2D eigenvalue weighted by Crippen LogP contribution is -2.45. The summed E-state index contributed by atoms with van der Waals surface area (Å²) in [4.78, 5) is 3.92. The van der Waals surface area contributed by atoms with E-state index in [0.717, 1.165) is 19.0 Å². The third kappa shape index (κ3) is 4.06. The fourth-order valence-electron chi connectivity index (χ4n) is 3.54. The summed E-state index contributed by atoms with van der Waals surface area (Å²) in [6, 6.07) is 2.90. The highest BCUT2D eigenvalue weighted by Gasteiger charge is 2.41. The first-order valence-corrected chi connectivity index (χ1v) is 9.24. The molecule has 1 aliphatic carbocycles. The maximum absolute atomic E-state index is 3.73. The molecule has 2 rings (SSSR count). The average molecular weight is 359 g/mol. The molecule has 20 heavy (non-hydrogen) atoms. The summed E-state index contributed by atoms with van der Waals surface area (Å²) in [5.41, 5.74) is 0.438. The van der Waals surface area contributed by atoms with Crippen molar-refractivity contribution in [3.63, 3.8) is 0 Å². The molecule has 2 atom stereocenters. The van der Waals surface area contributed by atoms with Gasteiger partial charge >= 0.3 is 0 Å². The SMILES string of the molecule is CCNC1C(CN(C)Cc2cc(Br)cs2)CCC1(C)C. The predicted octanol–water partition coefficient (Wildman–Crippen LogP) is 4.36. The summed E-state index contributed by atoms with van der Waals surface area (Å²) in [6.07, 6.45) is 2.69. The van der Waals surface area contributed by atoms with Crippen molar-refractivity contribution in [1.29, 1.82) is 0 Å². The van der Waals surface area contributed by atoms with Gasteiger partial charge < -0.3 is 10.2 Å². The van der Waals surface area contributed by atoms with Crippen molar-refractivity contribution in [2.75, 3.05) is 20.1 Å². The van der Waals surface area contributed by atoms with Crippen molar-refractivity contribution in [1.82, 2.24) is 10.2 Å². The van der Waals surface area contributed by atoms with Crippen LogP contribution in [0.5, 0.6) is 0 Å². The molecule has 0 aliphatic heterocycles. The maximum Gasteiger partial charge on any atom is 0.0325 e. The van der Waals surface area contributed by atoms with Crippen molar-refractivity contribution in [3.05, 3.63) is 20.8 Å². The Kier molecular flexibility index (Phi) is 5.69. The van der Waals surface area contributed by atoms with Gasteiger partial charge in [0, 0.05) is 33.9 Å². The van der Waals surface area contributed by atoms with E-state index in [1.807, 2.05) is 11.3 Å². The second-order valence-electron chi connectivity index (χ2n) is 6.75. The van der Waals surface area contributed by atoms with E-state index in [2.05, 4.69) is 65.4 Å². The highest BCUT2D eigenvalue weighted by molar-refractivity contribution is 9.10. The molecule has 1 aromatic rings. The molecule has 0 amide bonds. The first kappa shape index (κ1) is 16.5. The zero-order valence-corrected chi connectivity index (χ0v) is 15.5. The molecule has 1 aliphatic rings. The zero-order valence-electron chi connectivity index (χ0n) is 13.1. The first-order chi connectivity index (χ1) is 9.42. The van der Waals surface area contributed by atoms with Gasteiger partial charge in [0.05, 0.1) is 0 Å². The van der Waals surface area contributed by atoms with E-state index >= 15 is 0 Å². The van der Waals surface area contributed by atoms with Crippen LogP contribution in [0.4, 0.5) is 0 Å². The van der Waals surface area contributed by atoms with Crippen molar-refractivity contribution in [2.45, 2.75) is 46.2 Å². The second kappa shape index (κ2) is 6.91. The molecule has 1 fully saturated rings. The highest BCUT2D eigenvalue weighted by atomic mass is 79.9. The minimum atomic E-state index is 0.438. The van der Waals surface area contributed by atoms with Crippen LogP contribution in [0.3, 0.4) is 0 Å². The Labute approximate surface area is 136 Å². The summed E-state index contributed by atoms with van der Waals surface area (Å²) in [5.74, 6) is 0.776. The highest BCUT2D eigenvalue weighted by Crippen LogP contribution is 2.41. The Hall–Kier alpha value is 0.1000. The smallest absolute Gasteiger partial charge is 0.0325 e. The summed E-state index contributed by atoms with van der Waals surface area (Å²) < 4.78 is 1.21. The Morgan fingerprint density at radius 2 is 2.25 bits per heavy atom. The summed E-state index contributed by atoms with van der Waals surface area (Å²) >= 11 is 5.38. The molecular formula is C16H27BrN2S. The normalized spacial score (nSPS) is 25.5. The number of thiophene rings is 1. The van der Waals surface area contributed by atoms with Gasteiger partial charge in [0.25, 0.3) is 0 Å². The third-order valence-electron chi connectivity index (χ3n) is 4.49. The predicted molar refractivity (Wildman–Crippen MR) is 92.3 cm³/mol. The van der Waals surface area contributed by atoms with Gasteiger partial charge in [-0.2, -0.15) is 0 Å². The molecule has 4 heteroatoms. The van der Waals surface area contributed by atoms with Gasteiger partial charge in [-0.3, -0.25) is 0 Å². The van der Waals surface area contributed by atoms with Crippen LogP contribution in [0, 0.1) is 11.3 Å². The molecule has 0 radical (unpaired) electrons. The van der Waals surface area contributed by atoms with Gasteiger partial charge in [-0.1, -0.05) is 20.8 Å². The lowest BCUT2D eigenvalue weighted by Gasteiger charge is -2.33. The first-order valence-electron chi connectivity index (χ1n) is 7.57. The van der Waals surface area contributed by atoms with Crippen LogP contribution in [0.1, 0.15) is 38.5 Å². The largest absolute Gasteiger partial charge is 0.313 e. The van der Waals surface area contributed by atoms with Crippen LogP contribution in [0.15, 0.2) is 15.9 Å². The van der Waals surface area contributed by atoms with E-state index < -0.39 is 0 Å². The maximum atomic E-state index is 3.73. The molecular weight excluding hydrogens is 332 g/mol. The van der Waals surface area contributed by atoms with E-state index in [-0.39, 0.29) is 0 Å². The third-order valence-corrected chi connectivity index (χ3v) is 6.17. The fraction of sp³-hybridized carbons (Fsp3) is 0.750. The molecule has 0 aromatic carbocycles. The molecule has 1 heterocycles. The van der Waals surface area contributed by atoms with E-state index in [0.29, 0.717) is 11.5 Å². The molecule has 1 saturated carbocycles. The van der Waals surface area contributed by atoms with Gasteiger partial charge in [0.15, 0.2) is 0 Å². The molecule has 2 unspecified atom stereocenters. The van der Waals surface area contributed by atoms with Crippen LogP contribution >= 0.6 is 27.3 Å². The topological polar surface area (TPSA) is 15.3 Å². The minimum Gasteiger partial charge on any atom is -0.313 e. The number of hydrogen-bond acceptors (Lipinski definition) is 3. The number of rotatable bonds is 6. The molecule has 1 N–H and O–H groups in total. The molecule has 0 bridgehead atoms. The van der Waals surface area contributed by atoms with Crippen molar-refractivity contribution in [2.24, 2.45) is 11.3 Å². The summed E-state index contributed by atoms with van der Waals surface area (Å²) in [5, 5.41) is 5.90. The van der Waals surface area contributed by atoms with Crippen LogP contribution < -0.4 is 5.32 Å². The summed E-state index contributed by atoms with van der Waals surface area (Å²) in [6.45, 7) is 10.4. The lowest BCUT2D eigenvalue weighted by atomic mass is 9.84. The minimum absolute atomic E-state index is 0.438. The van der Waals surface area contributed by atoms with E-state index in [9.17, 15) is 0 Å². The Morgan fingerprint density at radius 3 is 2.85 bits per heavy atom. The second-order valence-corrected chi connectivity index (χ2v) is 8.66. The number of hydrogen-bond donors (Lipinski definition) is 1. The standard InChI is InChI=1S/C16H27BrN2S/c1-5-18-15-12(6-7-16(15,2)3)9-19(4)10-14-8-13(17)11-20-14/h8,11-12,15,18H,5-7,9-10H2,1-4H3. The Bertz CT molecular complexity index is 430.